The van der Waals surface area contributed by atoms with Gasteiger partial charge in [0.05, 0.1) is 10.6 Å². The number of amides is 1. The molecule has 1 fully saturated rings. The number of aryl methyl sites for hydroxylation is 1. The Hall–Kier alpha value is -2.11. The molecular weight excluding hydrogens is 338 g/mol. The van der Waals surface area contributed by atoms with E-state index in [1.165, 1.54) is 17.3 Å². The fourth-order valence-corrected chi connectivity index (χ4v) is 3.89. The van der Waals surface area contributed by atoms with E-state index >= 15 is 0 Å². The summed E-state index contributed by atoms with van der Waals surface area (Å²) in [7, 11) is 0. The van der Waals surface area contributed by atoms with Gasteiger partial charge in [-0.25, -0.2) is 0 Å². The van der Waals surface area contributed by atoms with Gasteiger partial charge in [0.1, 0.15) is 5.75 Å². The molecule has 1 aliphatic heterocycles. The van der Waals surface area contributed by atoms with Crippen molar-refractivity contribution in [1.82, 2.24) is 0 Å². The number of nitrogens with zero attached hydrogens (tertiary/aromatic N) is 1. The van der Waals surface area contributed by atoms with Gasteiger partial charge in [0, 0.05) is 0 Å². The van der Waals surface area contributed by atoms with E-state index < -0.39 is 0 Å². The largest absolute Gasteiger partial charge is 0.508 e. The fraction of sp³-hybridized carbons (Fsp3) is 0.158. The molecule has 24 heavy (non-hydrogen) atoms. The number of rotatable bonds is 3. The minimum absolute atomic E-state index is 0.0974. The van der Waals surface area contributed by atoms with Crippen LogP contribution in [0.3, 0.4) is 0 Å². The molecule has 1 saturated heterocycles. The number of carbonyl (C=O) groups excluding carboxylic acids is 1. The number of allylic oxidation sites excluding steroid dienone is 1. The Balaban J connectivity index is 1.95. The molecule has 2 aromatic carbocycles. The summed E-state index contributed by atoms with van der Waals surface area (Å²) in [6, 6.07) is 14.7. The molecule has 0 unspecified atom stereocenters. The van der Waals surface area contributed by atoms with E-state index in [9.17, 15) is 9.90 Å². The van der Waals surface area contributed by atoms with Crippen molar-refractivity contribution in [2.45, 2.75) is 20.3 Å². The highest BCUT2D eigenvalue weighted by atomic mass is 32.2. The molecule has 0 spiro atoms. The van der Waals surface area contributed by atoms with E-state index in [2.05, 4.69) is 6.92 Å². The monoisotopic (exact) mass is 355 g/mol. The smallest absolute Gasteiger partial charge is 0.271 e. The standard InChI is InChI=1S/C19H17NO2S2/c1-3-13-4-8-15(9-5-13)20-18(22)17(24-19(20)23)12(2)14-6-10-16(21)11-7-14/h4-11,21H,3H2,1-2H3/b17-12-. The van der Waals surface area contributed by atoms with Crippen molar-refractivity contribution in [3.05, 3.63) is 64.6 Å². The summed E-state index contributed by atoms with van der Waals surface area (Å²) in [5.41, 5.74) is 3.78. The van der Waals surface area contributed by atoms with Gasteiger partial charge in [0.2, 0.25) is 0 Å². The van der Waals surface area contributed by atoms with Crippen LogP contribution in [0.25, 0.3) is 5.57 Å². The van der Waals surface area contributed by atoms with Crippen LogP contribution in [-0.2, 0) is 11.2 Å². The molecule has 1 N–H and O–H groups in total. The van der Waals surface area contributed by atoms with Gasteiger partial charge in [-0.05, 0) is 54.3 Å². The number of hydrogen-bond acceptors (Lipinski definition) is 4. The first-order valence-corrected chi connectivity index (χ1v) is 8.89. The highest BCUT2D eigenvalue weighted by Crippen LogP contribution is 2.39. The van der Waals surface area contributed by atoms with Crippen molar-refractivity contribution < 1.29 is 9.90 Å². The van der Waals surface area contributed by atoms with E-state index in [0.29, 0.717) is 9.23 Å². The molecule has 0 aliphatic carbocycles. The van der Waals surface area contributed by atoms with Crippen molar-refractivity contribution in [3.63, 3.8) is 0 Å². The normalized spacial score (nSPS) is 16.7. The van der Waals surface area contributed by atoms with Crippen LogP contribution < -0.4 is 4.90 Å². The lowest BCUT2D eigenvalue weighted by atomic mass is 10.1. The van der Waals surface area contributed by atoms with Crippen molar-refractivity contribution in [3.8, 4) is 5.75 Å². The van der Waals surface area contributed by atoms with Gasteiger partial charge >= 0.3 is 0 Å². The van der Waals surface area contributed by atoms with E-state index in [1.54, 1.807) is 29.2 Å². The molecule has 122 valence electrons. The zero-order chi connectivity index (χ0) is 17.3. The van der Waals surface area contributed by atoms with Crippen LogP contribution in [0.4, 0.5) is 5.69 Å². The number of thiocarbonyl (C=S) groups is 1. The predicted octanol–water partition coefficient (Wildman–Crippen LogP) is 4.75. The van der Waals surface area contributed by atoms with Crippen LogP contribution in [0.5, 0.6) is 5.75 Å². The van der Waals surface area contributed by atoms with Gasteiger partial charge in [-0.3, -0.25) is 9.69 Å². The maximum atomic E-state index is 12.9. The zero-order valence-electron chi connectivity index (χ0n) is 13.4. The Labute approximate surface area is 151 Å². The Morgan fingerprint density at radius 3 is 2.33 bits per heavy atom. The molecule has 5 heteroatoms. The Kier molecular flexibility index (Phi) is 4.73. The third kappa shape index (κ3) is 3.09. The second kappa shape index (κ2) is 6.79. The number of thioether (sulfide) groups is 1. The van der Waals surface area contributed by atoms with Gasteiger partial charge in [-0.1, -0.05) is 55.2 Å². The lowest BCUT2D eigenvalue weighted by molar-refractivity contribution is -0.113. The molecule has 1 heterocycles. The van der Waals surface area contributed by atoms with Crippen LogP contribution in [0, 0.1) is 0 Å². The maximum Gasteiger partial charge on any atom is 0.271 e. The lowest BCUT2D eigenvalue weighted by Crippen LogP contribution is -2.27. The summed E-state index contributed by atoms with van der Waals surface area (Å²) in [6.45, 7) is 4.00. The molecule has 1 amide bonds. The van der Waals surface area contributed by atoms with Crippen LogP contribution in [0.2, 0.25) is 0 Å². The van der Waals surface area contributed by atoms with Crippen LogP contribution >= 0.6 is 24.0 Å². The molecule has 0 atom stereocenters. The first-order valence-electron chi connectivity index (χ1n) is 7.66. The first kappa shape index (κ1) is 16.7. The molecule has 3 nitrogen and oxygen atoms in total. The van der Waals surface area contributed by atoms with Crippen molar-refractivity contribution in [2.24, 2.45) is 0 Å². The number of hydrogen-bond donors (Lipinski definition) is 1. The summed E-state index contributed by atoms with van der Waals surface area (Å²) in [5.74, 6) is 0.106. The number of aromatic hydroxyl groups is 1. The Morgan fingerprint density at radius 2 is 1.75 bits per heavy atom. The topological polar surface area (TPSA) is 40.5 Å². The number of anilines is 1. The van der Waals surface area contributed by atoms with E-state index in [1.807, 2.05) is 31.2 Å². The van der Waals surface area contributed by atoms with Gasteiger partial charge < -0.3 is 5.11 Å². The van der Waals surface area contributed by atoms with Crippen LogP contribution in [0.15, 0.2) is 53.4 Å². The van der Waals surface area contributed by atoms with Gasteiger partial charge in [-0.2, -0.15) is 0 Å². The maximum absolute atomic E-state index is 12.9. The van der Waals surface area contributed by atoms with Gasteiger partial charge in [0.25, 0.3) is 5.91 Å². The van der Waals surface area contributed by atoms with Crippen LogP contribution in [-0.4, -0.2) is 15.3 Å². The summed E-state index contributed by atoms with van der Waals surface area (Å²) in [6.07, 6.45) is 0.957. The highest BCUT2D eigenvalue weighted by molar-refractivity contribution is 8.27. The third-order valence-corrected chi connectivity index (χ3v) is 5.49. The summed E-state index contributed by atoms with van der Waals surface area (Å²) in [4.78, 5) is 15.1. The summed E-state index contributed by atoms with van der Waals surface area (Å²) in [5, 5.41) is 9.41. The average Bonchev–Trinajstić information content (AvgIpc) is 2.89. The van der Waals surface area contributed by atoms with Gasteiger partial charge in [0.15, 0.2) is 4.32 Å². The minimum atomic E-state index is -0.0974. The highest BCUT2D eigenvalue weighted by Gasteiger charge is 2.34. The average molecular weight is 355 g/mol. The fourth-order valence-electron chi connectivity index (χ4n) is 2.54. The third-order valence-electron chi connectivity index (χ3n) is 4.01. The first-order chi connectivity index (χ1) is 11.5. The van der Waals surface area contributed by atoms with Gasteiger partial charge in [-0.15, -0.1) is 0 Å². The van der Waals surface area contributed by atoms with E-state index in [4.69, 9.17) is 12.2 Å². The molecule has 3 rings (SSSR count). The predicted molar refractivity (Wildman–Crippen MR) is 104 cm³/mol. The number of phenolic OH excluding ortho intramolecular Hbond substituents is 1. The Bertz CT molecular complexity index is 823. The zero-order valence-corrected chi connectivity index (χ0v) is 15.1. The summed E-state index contributed by atoms with van der Waals surface area (Å²) >= 11 is 6.74. The molecule has 1 aliphatic rings. The van der Waals surface area contributed by atoms with E-state index in [0.717, 1.165) is 23.2 Å². The number of phenols is 1. The molecule has 0 aromatic heterocycles. The molecule has 0 bridgehead atoms. The molecule has 2 aromatic rings. The molecule has 0 saturated carbocycles. The van der Waals surface area contributed by atoms with Crippen LogP contribution in [0.1, 0.15) is 25.0 Å². The number of benzene rings is 2. The lowest BCUT2D eigenvalue weighted by Gasteiger charge is -2.15. The van der Waals surface area contributed by atoms with E-state index in [-0.39, 0.29) is 11.7 Å². The minimum Gasteiger partial charge on any atom is -0.508 e. The second-order valence-electron chi connectivity index (χ2n) is 5.53. The molecular formula is C19H17NO2S2. The van der Waals surface area contributed by atoms with Crippen molar-refractivity contribution >= 4 is 45.5 Å². The van der Waals surface area contributed by atoms with Crippen molar-refractivity contribution in [2.75, 3.05) is 4.90 Å². The second-order valence-corrected chi connectivity index (χ2v) is 7.17. The number of carbonyl (C=O) groups is 1. The quantitative estimate of drug-likeness (QED) is 0.637. The molecule has 0 radical (unpaired) electrons. The Morgan fingerprint density at radius 1 is 1.12 bits per heavy atom. The SMILES string of the molecule is CCc1ccc(N2C(=O)/C(=C(\C)c3ccc(O)cc3)SC2=S)cc1. The van der Waals surface area contributed by atoms with Crippen molar-refractivity contribution in [1.29, 1.82) is 0 Å². The summed E-state index contributed by atoms with van der Waals surface area (Å²) < 4.78 is 0.539.